The number of nitrogens with zero attached hydrogens (tertiary/aromatic N) is 1. The first-order valence-corrected chi connectivity index (χ1v) is 8.36. The van der Waals surface area contributed by atoms with E-state index in [-0.39, 0.29) is 29.5 Å². The van der Waals surface area contributed by atoms with Crippen LogP contribution in [0.4, 0.5) is 4.39 Å². The lowest BCUT2D eigenvalue weighted by molar-refractivity contribution is -0.130. The molecule has 1 saturated heterocycles. The van der Waals surface area contributed by atoms with Gasteiger partial charge in [-0.25, -0.2) is 4.39 Å². The lowest BCUT2D eigenvalue weighted by Crippen LogP contribution is -2.36. The molecule has 24 heavy (non-hydrogen) atoms. The molecule has 0 radical (unpaired) electrons. The maximum absolute atomic E-state index is 13.6. The fourth-order valence-electron chi connectivity index (χ4n) is 3.13. The highest BCUT2D eigenvalue weighted by Crippen LogP contribution is 2.33. The predicted molar refractivity (Wildman–Crippen MR) is 89.0 cm³/mol. The van der Waals surface area contributed by atoms with Gasteiger partial charge in [0.15, 0.2) is 0 Å². The van der Waals surface area contributed by atoms with Gasteiger partial charge in [-0.2, -0.15) is 0 Å². The van der Waals surface area contributed by atoms with Gasteiger partial charge < -0.3 is 15.0 Å². The normalized spacial score (nSPS) is 20.2. The van der Waals surface area contributed by atoms with Gasteiger partial charge in [0.05, 0.1) is 5.92 Å². The molecule has 6 heteroatoms. The van der Waals surface area contributed by atoms with Crippen molar-refractivity contribution in [2.75, 3.05) is 33.4 Å². The third kappa shape index (κ3) is 4.54. The summed E-state index contributed by atoms with van der Waals surface area (Å²) < 4.78 is 18.5. The molecule has 2 rings (SSSR count). The van der Waals surface area contributed by atoms with E-state index in [1.807, 2.05) is 6.07 Å². The largest absolute Gasteiger partial charge is 0.385 e. The number of carbonyl (C=O) groups is 2. The summed E-state index contributed by atoms with van der Waals surface area (Å²) in [4.78, 5) is 26.3. The number of rotatable bonds is 7. The molecule has 0 bridgehead atoms. The average molecular weight is 336 g/mol. The number of likely N-dealkylation sites (tertiary alicyclic amines) is 1. The summed E-state index contributed by atoms with van der Waals surface area (Å²) in [6.07, 6.45) is 1.13. The number of benzene rings is 1. The summed E-state index contributed by atoms with van der Waals surface area (Å²) in [7, 11) is 1.62. The number of hydrogen-bond acceptors (Lipinski definition) is 3. The Morgan fingerprint density at radius 3 is 2.83 bits per heavy atom. The SMILES string of the molecule is CCC(=O)N1C[C@H](C(=O)NCCCOC)[C@@H](c2cccc(F)c2)C1. The molecule has 1 heterocycles. The van der Waals surface area contributed by atoms with Crippen molar-refractivity contribution < 1.29 is 18.7 Å². The van der Waals surface area contributed by atoms with Crippen LogP contribution >= 0.6 is 0 Å². The third-order valence-corrected chi connectivity index (χ3v) is 4.41. The molecule has 2 atom stereocenters. The van der Waals surface area contributed by atoms with E-state index < -0.39 is 0 Å². The fourth-order valence-corrected chi connectivity index (χ4v) is 3.13. The molecule has 1 aliphatic rings. The molecule has 1 aliphatic heterocycles. The number of nitrogens with one attached hydrogen (secondary N) is 1. The third-order valence-electron chi connectivity index (χ3n) is 4.41. The summed E-state index contributed by atoms with van der Waals surface area (Å²) in [6, 6.07) is 6.30. The van der Waals surface area contributed by atoms with Crippen LogP contribution in [0.25, 0.3) is 0 Å². The predicted octanol–water partition coefficient (Wildman–Crippen LogP) is 1.93. The van der Waals surface area contributed by atoms with Crippen molar-refractivity contribution in [1.29, 1.82) is 0 Å². The molecule has 0 spiro atoms. The van der Waals surface area contributed by atoms with Crippen molar-refractivity contribution in [3.8, 4) is 0 Å². The standard InChI is InChI=1S/C18H25FN2O3/c1-3-17(22)21-11-15(13-6-4-7-14(19)10-13)16(12-21)18(23)20-8-5-9-24-2/h4,6-7,10,15-16H,3,5,8-9,11-12H2,1-2H3,(H,20,23)/t15-,16+/m1/s1. The molecule has 0 unspecified atom stereocenters. The highest BCUT2D eigenvalue weighted by molar-refractivity contribution is 5.83. The maximum Gasteiger partial charge on any atom is 0.225 e. The Labute approximate surface area is 142 Å². The molecule has 2 amide bonds. The van der Waals surface area contributed by atoms with E-state index in [4.69, 9.17) is 4.74 Å². The van der Waals surface area contributed by atoms with E-state index in [0.29, 0.717) is 32.7 Å². The van der Waals surface area contributed by atoms with Gasteiger partial charge in [0, 0.05) is 45.7 Å². The highest BCUT2D eigenvalue weighted by atomic mass is 19.1. The van der Waals surface area contributed by atoms with Crippen LogP contribution in [-0.2, 0) is 14.3 Å². The van der Waals surface area contributed by atoms with E-state index in [1.54, 1.807) is 25.0 Å². The topological polar surface area (TPSA) is 58.6 Å². The van der Waals surface area contributed by atoms with Crippen molar-refractivity contribution in [2.24, 2.45) is 5.92 Å². The summed E-state index contributed by atoms with van der Waals surface area (Å²) in [6.45, 7) is 3.74. The van der Waals surface area contributed by atoms with Crippen LogP contribution in [0, 0.1) is 11.7 Å². The zero-order chi connectivity index (χ0) is 17.5. The molecule has 0 saturated carbocycles. The molecular formula is C18H25FN2O3. The van der Waals surface area contributed by atoms with Crippen LogP contribution in [0.1, 0.15) is 31.2 Å². The van der Waals surface area contributed by atoms with Crippen molar-refractivity contribution in [3.63, 3.8) is 0 Å². The molecule has 1 fully saturated rings. The number of methoxy groups -OCH3 is 1. The van der Waals surface area contributed by atoms with Crippen LogP contribution in [0.3, 0.4) is 0 Å². The summed E-state index contributed by atoms with van der Waals surface area (Å²) in [5, 5.41) is 2.90. The second kappa shape index (κ2) is 8.78. The Kier molecular flexibility index (Phi) is 6.73. The van der Waals surface area contributed by atoms with E-state index in [2.05, 4.69) is 5.32 Å². The average Bonchev–Trinajstić information content (AvgIpc) is 3.03. The number of carbonyl (C=O) groups excluding carboxylic acids is 2. The van der Waals surface area contributed by atoms with E-state index in [0.717, 1.165) is 12.0 Å². The Morgan fingerprint density at radius 1 is 1.38 bits per heavy atom. The molecule has 5 nitrogen and oxygen atoms in total. The molecular weight excluding hydrogens is 311 g/mol. The zero-order valence-electron chi connectivity index (χ0n) is 14.3. The zero-order valence-corrected chi connectivity index (χ0v) is 14.3. The van der Waals surface area contributed by atoms with E-state index in [1.165, 1.54) is 12.1 Å². The molecule has 0 aliphatic carbocycles. The number of hydrogen-bond donors (Lipinski definition) is 1. The second-order valence-electron chi connectivity index (χ2n) is 6.06. The minimum atomic E-state index is -0.357. The van der Waals surface area contributed by atoms with Gasteiger partial charge in [0.1, 0.15) is 5.82 Å². The highest BCUT2D eigenvalue weighted by Gasteiger charge is 2.39. The Bertz CT molecular complexity index is 579. The van der Waals surface area contributed by atoms with Crippen LogP contribution in [0.15, 0.2) is 24.3 Å². The summed E-state index contributed by atoms with van der Waals surface area (Å²) in [5.74, 6) is -0.937. The van der Waals surface area contributed by atoms with Gasteiger partial charge in [-0.15, -0.1) is 0 Å². The van der Waals surface area contributed by atoms with Crippen molar-refractivity contribution in [3.05, 3.63) is 35.6 Å². The smallest absolute Gasteiger partial charge is 0.225 e. The fraction of sp³-hybridized carbons (Fsp3) is 0.556. The molecule has 0 aromatic heterocycles. The molecule has 1 aromatic carbocycles. The van der Waals surface area contributed by atoms with Gasteiger partial charge in [-0.3, -0.25) is 9.59 Å². The molecule has 1 N–H and O–H groups in total. The van der Waals surface area contributed by atoms with E-state index >= 15 is 0 Å². The molecule has 132 valence electrons. The Morgan fingerprint density at radius 2 is 2.17 bits per heavy atom. The molecule has 1 aromatic rings. The van der Waals surface area contributed by atoms with Crippen LogP contribution in [-0.4, -0.2) is 50.1 Å². The lowest BCUT2D eigenvalue weighted by Gasteiger charge is -2.18. The quantitative estimate of drug-likeness (QED) is 0.774. The second-order valence-corrected chi connectivity index (χ2v) is 6.06. The van der Waals surface area contributed by atoms with E-state index in [9.17, 15) is 14.0 Å². The lowest BCUT2D eigenvalue weighted by atomic mass is 9.88. The van der Waals surface area contributed by atoms with Crippen molar-refractivity contribution >= 4 is 11.8 Å². The van der Waals surface area contributed by atoms with Gasteiger partial charge in [-0.05, 0) is 24.1 Å². The van der Waals surface area contributed by atoms with Gasteiger partial charge in [0.25, 0.3) is 0 Å². The Balaban J connectivity index is 2.11. The minimum Gasteiger partial charge on any atom is -0.385 e. The summed E-state index contributed by atoms with van der Waals surface area (Å²) >= 11 is 0. The number of halogens is 1. The number of ether oxygens (including phenoxy) is 1. The van der Waals surface area contributed by atoms with Crippen LogP contribution in [0.5, 0.6) is 0 Å². The minimum absolute atomic E-state index is 0.0195. The Hall–Kier alpha value is -1.95. The summed E-state index contributed by atoms with van der Waals surface area (Å²) in [5.41, 5.74) is 0.762. The van der Waals surface area contributed by atoms with Crippen LogP contribution < -0.4 is 5.32 Å². The van der Waals surface area contributed by atoms with Crippen molar-refractivity contribution in [1.82, 2.24) is 10.2 Å². The van der Waals surface area contributed by atoms with Gasteiger partial charge in [0.2, 0.25) is 11.8 Å². The van der Waals surface area contributed by atoms with Crippen LogP contribution in [0.2, 0.25) is 0 Å². The first kappa shape index (κ1) is 18.4. The number of amides is 2. The maximum atomic E-state index is 13.6. The van der Waals surface area contributed by atoms with Gasteiger partial charge in [-0.1, -0.05) is 19.1 Å². The first-order valence-electron chi connectivity index (χ1n) is 8.36. The monoisotopic (exact) mass is 336 g/mol. The first-order chi connectivity index (χ1) is 11.6. The van der Waals surface area contributed by atoms with Gasteiger partial charge >= 0.3 is 0 Å². The van der Waals surface area contributed by atoms with Crippen molar-refractivity contribution in [2.45, 2.75) is 25.7 Å².